The third-order valence-electron chi connectivity index (χ3n) is 3.28. The van der Waals surface area contributed by atoms with Crippen LogP contribution in [0.3, 0.4) is 0 Å². The minimum Gasteiger partial charge on any atom is -0.360 e. The lowest BCUT2D eigenvalue weighted by atomic mass is 10.1. The fourth-order valence-electron chi connectivity index (χ4n) is 2.03. The van der Waals surface area contributed by atoms with Crippen LogP contribution < -0.4 is 21.3 Å². The fraction of sp³-hybridized carbons (Fsp3) is 0.467. The van der Waals surface area contributed by atoms with Gasteiger partial charge >= 0.3 is 6.03 Å². The van der Waals surface area contributed by atoms with Gasteiger partial charge in [0, 0.05) is 25.8 Å². The van der Waals surface area contributed by atoms with E-state index in [-0.39, 0.29) is 5.91 Å². The molecule has 21 heavy (non-hydrogen) atoms. The lowest BCUT2D eigenvalue weighted by Crippen LogP contribution is -2.49. The molecule has 0 aromatic heterocycles. The average Bonchev–Trinajstić information content (AvgIpc) is 2.51. The summed E-state index contributed by atoms with van der Waals surface area (Å²) in [4.78, 5) is 25.3. The van der Waals surface area contributed by atoms with E-state index >= 15 is 0 Å². The van der Waals surface area contributed by atoms with Gasteiger partial charge in [0.2, 0.25) is 5.91 Å². The van der Waals surface area contributed by atoms with Gasteiger partial charge in [-0.1, -0.05) is 19.1 Å². The molecule has 6 heteroatoms. The topological polar surface area (TPSA) is 87.5 Å². The van der Waals surface area contributed by atoms with Gasteiger partial charge in [-0.05, 0) is 31.0 Å². The van der Waals surface area contributed by atoms with Crippen molar-refractivity contribution >= 4 is 17.6 Å². The normalized spacial score (nSPS) is 11.6. The fourth-order valence-corrected chi connectivity index (χ4v) is 2.03. The Bertz CT molecular complexity index is 473. The predicted molar refractivity (Wildman–Crippen MR) is 84.0 cm³/mol. The van der Waals surface area contributed by atoms with Crippen LogP contribution in [-0.2, 0) is 11.3 Å². The van der Waals surface area contributed by atoms with Crippen molar-refractivity contribution in [2.45, 2.75) is 32.9 Å². The van der Waals surface area contributed by atoms with Crippen LogP contribution in [0.2, 0.25) is 0 Å². The second kappa shape index (κ2) is 8.26. The standard InChI is InChI=1S/C15H24N4O2/c1-4-9-19(11(2)14(20)18-15(21)17-3)13-7-5-12(10-16)6-8-13/h5-8,11H,4,9-10,16H2,1-3H3,(H2,17,18,20,21). The molecular formula is C15H24N4O2. The molecule has 1 unspecified atom stereocenters. The number of nitrogens with one attached hydrogen (secondary N) is 2. The van der Waals surface area contributed by atoms with Gasteiger partial charge in [-0.15, -0.1) is 0 Å². The summed E-state index contributed by atoms with van der Waals surface area (Å²) in [5.74, 6) is -0.328. The minimum atomic E-state index is -0.498. The van der Waals surface area contributed by atoms with E-state index in [1.54, 1.807) is 6.92 Å². The van der Waals surface area contributed by atoms with Crippen LogP contribution in [0.15, 0.2) is 24.3 Å². The molecule has 0 saturated carbocycles. The molecule has 1 atom stereocenters. The minimum absolute atomic E-state index is 0.328. The van der Waals surface area contributed by atoms with Crippen molar-refractivity contribution in [3.8, 4) is 0 Å². The quantitative estimate of drug-likeness (QED) is 0.735. The number of hydrogen-bond acceptors (Lipinski definition) is 4. The molecule has 116 valence electrons. The Morgan fingerprint density at radius 1 is 1.29 bits per heavy atom. The number of carbonyl (C=O) groups excluding carboxylic acids is 2. The Hall–Kier alpha value is -2.08. The number of rotatable bonds is 6. The third kappa shape index (κ3) is 4.75. The second-order valence-corrected chi connectivity index (χ2v) is 4.81. The summed E-state index contributed by atoms with van der Waals surface area (Å²) in [5, 5.41) is 4.68. The summed E-state index contributed by atoms with van der Waals surface area (Å²) in [6.45, 7) is 5.04. The summed E-state index contributed by atoms with van der Waals surface area (Å²) in [6, 6.07) is 6.85. The van der Waals surface area contributed by atoms with Crippen molar-refractivity contribution in [2.75, 3.05) is 18.5 Å². The van der Waals surface area contributed by atoms with Crippen LogP contribution in [0.5, 0.6) is 0 Å². The number of benzene rings is 1. The van der Waals surface area contributed by atoms with Gasteiger partial charge in [0.05, 0.1) is 0 Å². The second-order valence-electron chi connectivity index (χ2n) is 4.81. The van der Waals surface area contributed by atoms with Crippen LogP contribution in [0.4, 0.5) is 10.5 Å². The van der Waals surface area contributed by atoms with E-state index in [9.17, 15) is 9.59 Å². The Balaban J connectivity index is 2.88. The predicted octanol–water partition coefficient (Wildman–Crippen LogP) is 1.21. The molecule has 3 amide bonds. The van der Waals surface area contributed by atoms with Crippen LogP contribution in [0.25, 0.3) is 0 Å². The molecule has 0 aliphatic carbocycles. The van der Waals surface area contributed by atoms with E-state index in [1.165, 1.54) is 7.05 Å². The van der Waals surface area contributed by atoms with Gasteiger partial charge in [-0.25, -0.2) is 4.79 Å². The van der Waals surface area contributed by atoms with Gasteiger partial charge in [0.1, 0.15) is 6.04 Å². The van der Waals surface area contributed by atoms with E-state index in [1.807, 2.05) is 36.1 Å². The molecule has 6 nitrogen and oxygen atoms in total. The molecule has 0 saturated heterocycles. The monoisotopic (exact) mass is 292 g/mol. The zero-order chi connectivity index (χ0) is 15.8. The highest BCUT2D eigenvalue weighted by Gasteiger charge is 2.22. The molecule has 0 bridgehead atoms. The number of nitrogens with two attached hydrogens (primary N) is 1. The molecule has 0 fully saturated rings. The van der Waals surface area contributed by atoms with Gasteiger partial charge in [0.15, 0.2) is 0 Å². The number of carbonyl (C=O) groups is 2. The first kappa shape index (κ1) is 17.0. The number of anilines is 1. The summed E-state index contributed by atoms with van der Waals surface area (Å²) in [5.41, 5.74) is 7.57. The Morgan fingerprint density at radius 2 is 1.90 bits per heavy atom. The summed E-state index contributed by atoms with van der Waals surface area (Å²) in [6.07, 6.45) is 0.899. The molecule has 0 aliphatic rings. The van der Waals surface area contributed by atoms with Crippen LogP contribution in [0, 0.1) is 0 Å². The number of nitrogens with zero attached hydrogens (tertiary/aromatic N) is 1. The largest absolute Gasteiger partial charge is 0.360 e. The lowest BCUT2D eigenvalue weighted by molar-refractivity contribution is -0.121. The molecule has 0 radical (unpaired) electrons. The van der Waals surface area contributed by atoms with Crippen LogP contribution in [0.1, 0.15) is 25.8 Å². The molecule has 0 spiro atoms. The summed E-state index contributed by atoms with van der Waals surface area (Å²) in [7, 11) is 1.47. The maximum Gasteiger partial charge on any atom is 0.321 e. The number of amides is 3. The molecule has 1 rings (SSSR count). The van der Waals surface area contributed by atoms with Gasteiger partial charge in [-0.2, -0.15) is 0 Å². The van der Waals surface area contributed by atoms with Crippen molar-refractivity contribution in [1.29, 1.82) is 0 Å². The van der Waals surface area contributed by atoms with Crippen molar-refractivity contribution in [1.82, 2.24) is 10.6 Å². The molecule has 0 heterocycles. The summed E-state index contributed by atoms with van der Waals surface area (Å²) >= 11 is 0. The number of urea groups is 1. The molecule has 0 aliphatic heterocycles. The van der Waals surface area contributed by atoms with E-state index in [0.29, 0.717) is 6.54 Å². The van der Waals surface area contributed by atoms with E-state index in [2.05, 4.69) is 10.6 Å². The van der Waals surface area contributed by atoms with Crippen LogP contribution >= 0.6 is 0 Å². The Labute approximate surface area is 125 Å². The first-order chi connectivity index (χ1) is 10.0. The zero-order valence-corrected chi connectivity index (χ0v) is 12.8. The van der Waals surface area contributed by atoms with E-state index in [4.69, 9.17) is 5.73 Å². The molecular weight excluding hydrogens is 268 g/mol. The average molecular weight is 292 g/mol. The van der Waals surface area contributed by atoms with Crippen molar-refractivity contribution in [3.05, 3.63) is 29.8 Å². The zero-order valence-electron chi connectivity index (χ0n) is 12.8. The Morgan fingerprint density at radius 3 is 2.38 bits per heavy atom. The van der Waals surface area contributed by atoms with E-state index < -0.39 is 12.1 Å². The van der Waals surface area contributed by atoms with Crippen molar-refractivity contribution in [2.24, 2.45) is 5.73 Å². The maximum absolute atomic E-state index is 12.1. The van der Waals surface area contributed by atoms with Crippen molar-refractivity contribution < 1.29 is 9.59 Å². The third-order valence-corrected chi connectivity index (χ3v) is 3.28. The van der Waals surface area contributed by atoms with Crippen LogP contribution in [-0.4, -0.2) is 31.6 Å². The highest BCUT2D eigenvalue weighted by atomic mass is 16.2. The highest BCUT2D eigenvalue weighted by Crippen LogP contribution is 2.18. The highest BCUT2D eigenvalue weighted by molar-refractivity contribution is 5.98. The SMILES string of the molecule is CCCN(c1ccc(CN)cc1)C(C)C(=O)NC(=O)NC. The molecule has 1 aromatic rings. The van der Waals surface area contributed by atoms with Crippen molar-refractivity contribution in [3.63, 3.8) is 0 Å². The summed E-state index contributed by atoms with van der Waals surface area (Å²) < 4.78 is 0. The van der Waals surface area contributed by atoms with Gasteiger partial charge < -0.3 is 16.0 Å². The number of imide groups is 1. The Kier molecular flexibility index (Phi) is 6.68. The lowest BCUT2D eigenvalue weighted by Gasteiger charge is -2.30. The first-order valence-electron chi connectivity index (χ1n) is 7.11. The van der Waals surface area contributed by atoms with E-state index in [0.717, 1.165) is 24.2 Å². The van der Waals surface area contributed by atoms with Gasteiger partial charge in [-0.3, -0.25) is 10.1 Å². The van der Waals surface area contributed by atoms with Gasteiger partial charge in [0.25, 0.3) is 0 Å². The number of hydrogen-bond donors (Lipinski definition) is 3. The smallest absolute Gasteiger partial charge is 0.321 e. The molecule has 1 aromatic carbocycles. The maximum atomic E-state index is 12.1. The molecule has 4 N–H and O–H groups in total. The first-order valence-corrected chi connectivity index (χ1v) is 7.11.